The van der Waals surface area contributed by atoms with E-state index in [1.807, 2.05) is 0 Å². The van der Waals surface area contributed by atoms with Crippen LogP contribution in [-0.2, 0) is 14.1 Å². The van der Waals surface area contributed by atoms with Gasteiger partial charge in [-0.05, 0) is 0 Å². The van der Waals surface area contributed by atoms with Gasteiger partial charge in [-0.1, -0.05) is 0 Å². The van der Waals surface area contributed by atoms with Crippen LogP contribution >= 0.6 is 0 Å². The van der Waals surface area contributed by atoms with Gasteiger partial charge in [-0.2, -0.15) is 0 Å². The van der Waals surface area contributed by atoms with Crippen molar-refractivity contribution in [2.45, 2.75) is 6.92 Å². The minimum absolute atomic E-state index is 0.716. The molecule has 0 aliphatic heterocycles. The Morgan fingerprint density at radius 2 is 1.66 bits per heavy atom. The van der Waals surface area contributed by atoms with E-state index < -0.39 is 0 Å². The van der Waals surface area contributed by atoms with Gasteiger partial charge < -0.3 is 0 Å². The molecule has 0 unspecified atom stereocenters. The van der Waals surface area contributed by atoms with Gasteiger partial charge in [0.1, 0.15) is 0 Å². The standard InChI is InChI=1S/C28H23N5O.Bi.2H/c1-17-24(34-4)15-13-23-26(17)33(28-29-19-10-6-8-12-21(19)32(23)28)25-16-14-22-27(31(25)3)18-9-5-7-11-20(18)30(22)2;;;/h5-9,11-16H,1-4H3;;;/q+1;;;. The molecule has 172 valence electrons. The van der Waals surface area contributed by atoms with Crippen molar-refractivity contribution >= 4 is 77.8 Å². The van der Waals surface area contributed by atoms with Crippen molar-refractivity contribution in [3.63, 3.8) is 0 Å². The summed E-state index contributed by atoms with van der Waals surface area (Å²) in [6.07, 6.45) is 0. The Balaban J connectivity index is 1.71. The van der Waals surface area contributed by atoms with Gasteiger partial charge in [0.2, 0.25) is 0 Å². The van der Waals surface area contributed by atoms with Crippen molar-refractivity contribution in [2.24, 2.45) is 14.1 Å². The summed E-state index contributed by atoms with van der Waals surface area (Å²) in [7, 11) is 6.03. The molecule has 0 aliphatic rings. The number of nitrogens with zero attached hydrogens (tertiary/aromatic N) is 5. The third kappa shape index (κ3) is 2.62. The first kappa shape index (κ1) is 20.9. The second kappa shape index (κ2) is 7.28. The van der Waals surface area contributed by atoms with Crippen molar-refractivity contribution in [3.8, 4) is 11.6 Å². The van der Waals surface area contributed by atoms with Crippen LogP contribution in [0, 0.1) is 6.92 Å². The van der Waals surface area contributed by atoms with Gasteiger partial charge in [-0.25, -0.2) is 0 Å². The van der Waals surface area contributed by atoms with Crippen molar-refractivity contribution < 1.29 is 9.30 Å². The Morgan fingerprint density at radius 3 is 2.49 bits per heavy atom. The number of benzene rings is 3. The monoisotopic (exact) mass is 656 g/mol. The van der Waals surface area contributed by atoms with Gasteiger partial charge in [0, 0.05) is 0 Å². The molecular formula is C28H25BiN5O+. The maximum absolute atomic E-state index is 5.74. The minimum atomic E-state index is 0.716. The molecule has 0 atom stereocenters. The molecule has 0 spiro atoms. The van der Waals surface area contributed by atoms with E-state index >= 15 is 0 Å². The van der Waals surface area contributed by atoms with Crippen LogP contribution in [0.2, 0.25) is 0 Å². The van der Waals surface area contributed by atoms with Crippen LogP contribution in [0.25, 0.3) is 55.6 Å². The molecule has 4 heterocycles. The molecule has 0 saturated heterocycles. The number of hydrogen-bond donors (Lipinski definition) is 0. The van der Waals surface area contributed by atoms with Gasteiger partial charge in [-0.3, -0.25) is 0 Å². The number of rotatable bonds is 2. The average Bonchev–Trinajstić information content (AvgIpc) is 3.49. The topological polar surface area (TPSA) is 40.3 Å². The number of aryl methyl sites for hydroxylation is 3. The summed E-state index contributed by atoms with van der Waals surface area (Å²) in [6, 6.07) is 23.8. The van der Waals surface area contributed by atoms with Crippen molar-refractivity contribution in [1.29, 1.82) is 0 Å². The molecule has 0 bridgehead atoms. The van der Waals surface area contributed by atoms with Crippen LogP contribution in [0.3, 0.4) is 0 Å². The van der Waals surface area contributed by atoms with Gasteiger partial charge in [0.05, 0.1) is 0 Å². The van der Waals surface area contributed by atoms with Gasteiger partial charge >= 0.3 is 218 Å². The molecule has 0 aliphatic carbocycles. The first-order valence-electron chi connectivity index (χ1n) is 11.6. The molecule has 0 N–H and O–H groups in total. The molecular weight excluding hydrogens is 631 g/mol. The molecule has 3 aromatic carbocycles. The summed E-state index contributed by atoms with van der Waals surface area (Å²) < 4.78 is 16.3. The number of pyridine rings is 1. The Kier molecular flexibility index (Phi) is 4.35. The van der Waals surface area contributed by atoms with E-state index in [1.165, 1.54) is 25.2 Å². The predicted molar refractivity (Wildman–Crippen MR) is 144 cm³/mol. The summed E-state index contributed by atoms with van der Waals surface area (Å²) in [5.74, 6) is 2.87. The summed E-state index contributed by atoms with van der Waals surface area (Å²) in [5.41, 5.74) is 9.25. The average molecular weight is 657 g/mol. The Bertz CT molecular complexity index is 1990. The van der Waals surface area contributed by atoms with E-state index in [1.54, 1.807) is 7.11 Å². The van der Waals surface area contributed by atoms with E-state index in [0.29, 0.717) is 24.7 Å². The molecule has 0 saturated carbocycles. The number of aromatic nitrogens is 5. The molecule has 35 heavy (non-hydrogen) atoms. The molecule has 0 amide bonds. The van der Waals surface area contributed by atoms with Crippen molar-refractivity contribution in [2.75, 3.05) is 7.11 Å². The number of methoxy groups -OCH3 is 1. The zero-order valence-electron chi connectivity index (χ0n) is 20.1. The van der Waals surface area contributed by atoms with Crippen molar-refractivity contribution in [3.05, 3.63) is 72.3 Å². The third-order valence-electron chi connectivity index (χ3n) is 7.37. The van der Waals surface area contributed by atoms with Crippen LogP contribution in [0.1, 0.15) is 5.56 Å². The molecule has 7 heteroatoms. The number of para-hydroxylation sites is 2. The first-order chi connectivity index (χ1) is 17.0. The zero-order valence-corrected chi connectivity index (χ0v) is 24.6. The summed E-state index contributed by atoms with van der Waals surface area (Å²) in [4.78, 5) is 5.22. The number of imidazole rings is 2. The normalized spacial score (nSPS) is 12.1. The van der Waals surface area contributed by atoms with E-state index in [2.05, 4.69) is 106 Å². The summed E-state index contributed by atoms with van der Waals surface area (Å²) >= 11 is 0.716. The molecule has 7 aromatic rings. The van der Waals surface area contributed by atoms with E-state index in [0.717, 1.165) is 45.0 Å². The fourth-order valence-electron chi connectivity index (χ4n) is 5.70. The van der Waals surface area contributed by atoms with Gasteiger partial charge in [0.15, 0.2) is 0 Å². The van der Waals surface area contributed by atoms with Crippen molar-refractivity contribution in [1.82, 2.24) is 18.5 Å². The van der Waals surface area contributed by atoms with E-state index in [-0.39, 0.29) is 0 Å². The maximum atomic E-state index is 5.74. The van der Waals surface area contributed by atoms with Crippen LogP contribution in [0.15, 0.2) is 66.7 Å². The SMILES string of the molecule is COc1ccc2c(c1C)n(-c1ccc3c(c4ccccc4n3C)[n+]1C)c1nc3[c]([BiH2])cccc3n21. The molecule has 0 fully saturated rings. The number of ether oxygens (including phenoxy) is 1. The van der Waals surface area contributed by atoms with E-state index in [4.69, 9.17) is 9.72 Å². The Hall–Kier alpha value is -3.44. The van der Waals surface area contributed by atoms with Crippen LogP contribution in [0.5, 0.6) is 5.75 Å². The predicted octanol–water partition coefficient (Wildman–Crippen LogP) is 3.48. The Morgan fingerprint density at radius 1 is 0.886 bits per heavy atom. The fraction of sp³-hybridized carbons (Fsp3) is 0.143. The van der Waals surface area contributed by atoms with E-state index in [9.17, 15) is 0 Å². The second-order valence-corrected chi connectivity index (χ2v) is 11.5. The zero-order chi connectivity index (χ0) is 24.0. The summed E-state index contributed by atoms with van der Waals surface area (Å²) in [5, 5.41) is 1.24. The van der Waals surface area contributed by atoms with Gasteiger partial charge in [-0.15, -0.1) is 0 Å². The molecule has 7 rings (SSSR count). The van der Waals surface area contributed by atoms with Gasteiger partial charge in [0.25, 0.3) is 0 Å². The quantitative estimate of drug-likeness (QED) is 0.212. The molecule has 0 radical (unpaired) electrons. The Labute approximate surface area is 216 Å². The van der Waals surface area contributed by atoms with Crippen LogP contribution in [0.4, 0.5) is 0 Å². The van der Waals surface area contributed by atoms with Crippen LogP contribution in [-0.4, -0.2) is 50.3 Å². The number of hydrogen-bond acceptors (Lipinski definition) is 2. The fourth-order valence-corrected chi connectivity index (χ4v) is 6.96. The second-order valence-electron chi connectivity index (χ2n) is 9.12. The van der Waals surface area contributed by atoms with Crippen LogP contribution < -0.4 is 12.6 Å². The summed E-state index contributed by atoms with van der Waals surface area (Å²) in [6.45, 7) is 2.13. The molecule has 6 nitrogen and oxygen atoms in total. The number of fused-ring (bicyclic) bond motifs is 8. The third-order valence-corrected chi connectivity index (χ3v) is 9.18. The molecule has 4 aromatic heterocycles. The first-order valence-corrected chi connectivity index (χ1v) is 13.9.